The van der Waals surface area contributed by atoms with Gasteiger partial charge in [0.1, 0.15) is 12.4 Å². The molecule has 3 aliphatic rings. The van der Waals surface area contributed by atoms with Crippen LogP contribution < -0.4 is 0 Å². The number of hydrogen-bond donors (Lipinski definition) is 1. The summed E-state index contributed by atoms with van der Waals surface area (Å²) in [5.41, 5.74) is 0.906. The van der Waals surface area contributed by atoms with Gasteiger partial charge < -0.3 is 14.6 Å². The van der Waals surface area contributed by atoms with E-state index in [4.69, 9.17) is 4.74 Å². The normalized spacial score (nSPS) is 48.5. The highest BCUT2D eigenvalue weighted by atomic mass is 16.5. The van der Waals surface area contributed by atoms with Crippen LogP contribution in [0.3, 0.4) is 0 Å². The molecule has 1 aliphatic heterocycles. The summed E-state index contributed by atoms with van der Waals surface area (Å²) in [7, 11) is 0. The average Bonchev–Trinajstić information content (AvgIpc) is 2.75. The molecule has 0 aromatic rings. The van der Waals surface area contributed by atoms with Crippen molar-refractivity contribution < 1.29 is 14.6 Å². The van der Waals surface area contributed by atoms with E-state index in [1.165, 1.54) is 0 Å². The van der Waals surface area contributed by atoms with Crippen LogP contribution in [0.4, 0.5) is 0 Å². The highest BCUT2D eigenvalue weighted by Crippen LogP contribution is 2.64. The van der Waals surface area contributed by atoms with Crippen molar-refractivity contribution in [2.24, 2.45) is 22.7 Å². The van der Waals surface area contributed by atoms with Crippen LogP contribution >= 0.6 is 0 Å². The highest BCUT2D eigenvalue weighted by Gasteiger charge is 2.66. The molecule has 1 heterocycles. The molecule has 1 saturated heterocycles. The first kappa shape index (κ1) is 13.3. The van der Waals surface area contributed by atoms with E-state index in [1.54, 1.807) is 0 Å². The van der Waals surface area contributed by atoms with E-state index in [1.807, 2.05) is 0 Å². The van der Waals surface area contributed by atoms with Gasteiger partial charge in [0.15, 0.2) is 0 Å². The fourth-order valence-corrected chi connectivity index (χ4v) is 5.17. The van der Waals surface area contributed by atoms with Crippen molar-refractivity contribution in [2.75, 3.05) is 6.61 Å². The number of ether oxygens (including phenoxy) is 1. The predicted octanol–water partition coefficient (Wildman–Crippen LogP) is 2.33. The van der Waals surface area contributed by atoms with E-state index in [0.717, 1.165) is 37.5 Å². The topological polar surface area (TPSA) is 46.5 Å². The Balaban J connectivity index is 2.14. The summed E-state index contributed by atoms with van der Waals surface area (Å²) in [6, 6.07) is 0. The van der Waals surface area contributed by atoms with Gasteiger partial charge in [-0.15, -0.1) is 0 Å². The summed E-state index contributed by atoms with van der Waals surface area (Å²) in [6.07, 6.45) is 3.82. The summed E-state index contributed by atoms with van der Waals surface area (Å²) < 4.78 is 5.75. The Morgan fingerprint density at radius 1 is 1.42 bits per heavy atom. The number of aldehydes is 1. The van der Waals surface area contributed by atoms with Crippen LogP contribution in [-0.2, 0) is 9.53 Å². The zero-order valence-corrected chi connectivity index (χ0v) is 11.9. The summed E-state index contributed by atoms with van der Waals surface area (Å²) in [5.74, 6) is 0.493. The van der Waals surface area contributed by atoms with Crippen LogP contribution in [0.5, 0.6) is 0 Å². The molecule has 1 spiro atoms. The molecule has 3 heteroatoms. The Morgan fingerprint density at radius 3 is 2.84 bits per heavy atom. The molecule has 3 nitrogen and oxygen atoms in total. The largest absolute Gasteiger partial charge is 0.392 e. The third-order valence-electron chi connectivity index (χ3n) is 6.10. The fraction of sp³-hybridized carbons (Fsp3) is 0.812. The van der Waals surface area contributed by atoms with Gasteiger partial charge in [0.25, 0.3) is 0 Å². The molecule has 0 aromatic heterocycles. The Hall–Kier alpha value is -0.670. The van der Waals surface area contributed by atoms with Gasteiger partial charge in [-0.05, 0) is 37.0 Å². The van der Waals surface area contributed by atoms with E-state index in [9.17, 15) is 9.90 Å². The number of carbonyl (C=O) groups is 1. The fourth-order valence-electron chi connectivity index (χ4n) is 5.17. The van der Waals surface area contributed by atoms with E-state index in [-0.39, 0.29) is 11.3 Å². The van der Waals surface area contributed by atoms with Crippen LogP contribution in [-0.4, -0.2) is 30.2 Å². The van der Waals surface area contributed by atoms with Crippen LogP contribution in [0.1, 0.15) is 39.5 Å². The van der Waals surface area contributed by atoms with Gasteiger partial charge in [-0.2, -0.15) is 0 Å². The van der Waals surface area contributed by atoms with Crippen molar-refractivity contribution in [2.45, 2.75) is 51.7 Å². The Kier molecular flexibility index (Phi) is 2.92. The lowest BCUT2D eigenvalue weighted by Crippen LogP contribution is -2.61. The maximum atomic E-state index is 11.5. The number of rotatable bonds is 1. The lowest BCUT2D eigenvalue weighted by atomic mass is 9.45. The molecule has 0 bridgehead atoms. The van der Waals surface area contributed by atoms with Gasteiger partial charge in [0.2, 0.25) is 0 Å². The number of carbonyl (C=O) groups excluding carboxylic acids is 1. The zero-order chi connectivity index (χ0) is 13.8. The standard InChI is InChI=1S/C16H24O3/c1-10-4-5-12-15(2,3)7-6-13(18)16(12)11(10)9-19-14(16)8-17/h8,11-14,18H,1,4-7,9H2,2-3H3/t11?,12-,13+,14?,16?/m0/s1. The molecule has 0 amide bonds. The first-order chi connectivity index (χ1) is 8.94. The molecule has 106 valence electrons. The van der Waals surface area contributed by atoms with Crippen molar-refractivity contribution in [3.8, 4) is 0 Å². The Morgan fingerprint density at radius 2 is 2.16 bits per heavy atom. The van der Waals surface area contributed by atoms with Crippen molar-refractivity contribution in [3.63, 3.8) is 0 Å². The van der Waals surface area contributed by atoms with Crippen molar-refractivity contribution in [1.82, 2.24) is 0 Å². The molecule has 3 rings (SSSR count). The molecule has 3 unspecified atom stereocenters. The van der Waals surface area contributed by atoms with E-state index >= 15 is 0 Å². The number of aliphatic hydroxyl groups is 1. The van der Waals surface area contributed by atoms with Crippen LogP contribution in [0.15, 0.2) is 12.2 Å². The minimum absolute atomic E-state index is 0.149. The second-order valence-corrected chi connectivity index (χ2v) is 7.24. The second kappa shape index (κ2) is 4.16. The highest BCUT2D eigenvalue weighted by molar-refractivity contribution is 5.60. The van der Waals surface area contributed by atoms with Crippen LogP contribution in [0, 0.1) is 22.7 Å². The van der Waals surface area contributed by atoms with Crippen LogP contribution in [0.2, 0.25) is 0 Å². The first-order valence-corrected chi connectivity index (χ1v) is 7.37. The quantitative estimate of drug-likeness (QED) is 0.584. The van der Waals surface area contributed by atoms with Gasteiger partial charge in [0, 0.05) is 11.3 Å². The minimum atomic E-state index is -0.464. The van der Waals surface area contributed by atoms with E-state index < -0.39 is 17.6 Å². The van der Waals surface area contributed by atoms with Crippen molar-refractivity contribution >= 4 is 6.29 Å². The maximum Gasteiger partial charge on any atom is 0.149 e. The molecule has 0 radical (unpaired) electrons. The third kappa shape index (κ3) is 1.55. The number of aliphatic hydroxyl groups excluding tert-OH is 1. The molecular weight excluding hydrogens is 240 g/mol. The molecule has 2 saturated carbocycles. The lowest BCUT2D eigenvalue weighted by molar-refractivity contribution is -0.165. The molecule has 5 atom stereocenters. The summed E-state index contributed by atoms with van der Waals surface area (Å²) in [5, 5.41) is 10.7. The van der Waals surface area contributed by atoms with E-state index in [2.05, 4.69) is 20.4 Å². The van der Waals surface area contributed by atoms with Crippen molar-refractivity contribution in [3.05, 3.63) is 12.2 Å². The summed E-state index contributed by atoms with van der Waals surface area (Å²) in [6.45, 7) is 9.28. The number of hydrogen-bond acceptors (Lipinski definition) is 3. The molecule has 2 aliphatic carbocycles. The SMILES string of the molecule is C=C1CC[C@H]2C(C)(C)CC[C@@H](O)C23C(C=O)OCC13. The molecule has 19 heavy (non-hydrogen) atoms. The zero-order valence-electron chi connectivity index (χ0n) is 11.9. The second-order valence-electron chi connectivity index (χ2n) is 7.24. The minimum Gasteiger partial charge on any atom is -0.392 e. The molecular formula is C16H24O3. The van der Waals surface area contributed by atoms with Gasteiger partial charge >= 0.3 is 0 Å². The van der Waals surface area contributed by atoms with Gasteiger partial charge in [0.05, 0.1) is 12.7 Å². The third-order valence-corrected chi connectivity index (χ3v) is 6.10. The van der Waals surface area contributed by atoms with Crippen molar-refractivity contribution in [1.29, 1.82) is 0 Å². The summed E-state index contributed by atoms with van der Waals surface area (Å²) in [4.78, 5) is 11.5. The molecule has 1 N–H and O–H groups in total. The smallest absolute Gasteiger partial charge is 0.149 e. The first-order valence-electron chi connectivity index (χ1n) is 7.37. The predicted molar refractivity (Wildman–Crippen MR) is 72.6 cm³/mol. The Bertz CT molecular complexity index is 414. The van der Waals surface area contributed by atoms with E-state index in [0.29, 0.717) is 12.5 Å². The average molecular weight is 264 g/mol. The van der Waals surface area contributed by atoms with Gasteiger partial charge in [-0.25, -0.2) is 0 Å². The Labute approximate surface area is 115 Å². The van der Waals surface area contributed by atoms with Crippen LogP contribution in [0.25, 0.3) is 0 Å². The monoisotopic (exact) mass is 264 g/mol. The maximum absolute atomic E-state index is 11.5. The molecule has 0 aromatic carbocycles. The lowest BCUT2D eigenvalue weighted by Gasteiger charge is -2.59. The molecule has 3 fully saturated rings. The van der Waals surface area contributed by atoms with Gasteiger partial charge in [-0.1, -0.05) is 26.0 Å². The summed E-state index contributed by atoms with van der Waals surface area (Å²) >= 11 is 0. The van der Waals surface area contributed by atoms with Gasteiger partial charge in [-0.3, -0.25) is 0 Å².